The van der Waals surface area contributed by atoms with Crippen LogP contribution in [0.1, 0.15) is 15.9 Å². The van der Waals surface area contributed by atoms with Gasteiger partial charge < -0.3 is 15.4 Å². The van der Waals surface area contributed by atoms with Crippen molar-refractivity contribution >= 4 is 17.8 Å². The van der Waals surface area contributed by atoms with E-state index in [1.54, 1.807) is 0 Å². The number of amides is 2. The lowest BCUT2D eigenvalue weighted by Crippen LogP contribution is -2.34. The summed E-state index contributed by atoms with van der Waals surface area (Å²) in [4.78, 5) is 34.9. The van der Waals surface area contributed by atoms with Gasteiger partial charge in [0.2, 0.25) is 0 Å². The third kappa shape index (κ3) is 6.72. The highest BCUT2D eigenvalue weighted by Crippen LogP contribution is 2.03. The zero-order chi connectivity index (χ0) is 18.8. The summed E-state index contributed by atoms with van der Waals surface area (Å²) in [5, 5.41) is 4.94. The van der Waals surface area contributed by atoms with Crippen LogP contribution in [0.2, 0.25) is 0 Å². The van der Waals surface area contributed by atoms with Crippen LogP contribution in [0.25, 0.3) is 0 Å². The second-order valence-corrected chi connectivity index (χ2v) is 5.44. The first-order chi connectivity index (χ1) is 12.5. The average Bonchev–Trinajstić information content (AvgIpc) is 2.65. The second-order valence-electron chi connectivity index (χ2n) is 5.44. The molecule has 6 nitrogen and oxygen atoms in total. The Balaban J connectivity index is 1.62. The number of rotatable bonds is 8. The Morgan fingerprint density at radius 3 is 2.46 bits per heavy atom. The molecular weight excluding hydrogens is 339 g/mol. The quantitative estimate of drug-likeness (QED) is 0.700. The smallest absolute Gasteiger partial charge is 0.325 e. The van der Waals surface area contributed by atoms with Gasteiger partial charge in [-0.3, -0.25) is 14.4 Å². The van der Waals surface area contributed by atoms with Crippen molar-refractivity contribution < 1.29 is 23.5 Å². The summed E-state index contributed by atoms with van der Waals surface area (Å²) in [6, 6.07) is 14.7. The number of hydrogen-bond acceptors (Lipinski definition) is 4. The van der Waals surface area contributed by atoms with Crippen molar-refractivity contribution in [2.75, 3.05) is 19.7 Å². The van der Waals surface area contributed by atoms with Gasteiger partial charge in [0.05, 0.1) is 0 Å². The Morgan fingerprint density at radius 1 is 0.962 bits per heavy atom. The van der Waals surface area contributed by atoms with Gasteiger partial charge in [-0.15, -0.1) is 0 Å². The van der Waals surface area contributed by atoms with Crippen molar-refractivity contribution in [1.29, 1.82) is 0 Å². The first kappa shape index (κ1) is 19.1. The van der Waals surface area contributed by atoms with Crippen molar-refractivity contribution in [1.82, 2.24) is 10.6 Å². The maximum Gasteiger partial charge on any atom is 0.325 e. The van der Waals surface area contributed by atoms with Gasteiger partial charge in [0, 0.05) is 12.1 Å². The molecule has 2 aromatic carbocycles. The molecule has 26 heavy (non-hydrogen) atoms. The molecule has 0 spiro atoms. The molecule has 0 aliphatic heterocycles. The van der Waals surface area contributed by atoms with E-state index in [0.29, 0.717) is 13.0 Å². The van der Waals surface area contributed by atoms with Gasteiger partial charge in [-0.05, 0) is 30.2 Å². The number of carbonyl (C=O) groups is 3. The first-order valence-corrected chi connectivity index (χ1v) is 8.04. The molecule has 2 N–H and O–H groups in total. The number of esters is 1. The maximum absolute atomic E-state index is 13.0. The molecule has 2 amide bonds. The minimum absolute atomic E-state index is 0.0939. The summed E-state index contributed by atoms with van der Waals surface area (Å²) in [5.41, 5.74) is 1.18. The first-order valence-electron chi connectivity index (χ1n) is 8.04. The molecule has 136 valence electrons. The van der Waals surface area contributed by atoms with Crippen molar-refractivity contribution in [3.63, 3.8) is 0 Å². The minimum atomic E-state index is -0.757. The van der Waals surface area contributed by atoms with E-state index in [1.807, 2.05) is 30.3 Å². The second kappa shape index (κ2) is 9.93. The van der Waals surface area contributed by atoms with Crippen LogP contribution in [0.5, 0.6) is 0 Å². The molecule has 2 rings (SSSR count). The van der Waals surface area contributed by atoms with Gasteiger partial charge >= 0.3 is 5.97 Å². The van der Waals surface area contributed by atoms with Crippen LogP contribution < -0.4 is 10.6 Å². The molecule has 0 unspecified atom stereocenters. The lowest BCUT2D eigenvalue weighted by Gasteiger charge is -2.08. The molecule has 0 radical (unpaired) electrons. The predicted molar refractivity (Wildman–Crippen MR) is 92.8 cm³/mol. The number of carbonyl (C=O) groups excluding carboxylic acids is 3. The number of halogens is 1. The van der Waals surface area contributed by atoms with E-state index in [9.17, 15) is 18.8 Å². The van der Waals surface area contributed by atoms with E-state index in [2.05, 4.69) is 10.6 Å². The Morgan fingerprint density at radius 2 is 1.73 bits per heavy atom. The molecule has 2 aromatic rings. The molecule has 0 aliphatic rings. The lowest BCUT2D eigenvalue weighted by atomic mass is 10.1. The summed E-state index contributed by atoms with van der Waals surface area (Å²) in [6.45, 7) is -0.410. The molecular formula is C19H19FN2O4. The highest BCUT2D eigenvalue weighted by atomic mass is 19.1. The summed E-state index contributed by atoms with van der Waals surface area (Å²) in [5.74, 6) is -2.33. The number of benzene rings is 2. The largest absolute Gasteiger partial charge is 0.454 e. The fraction of sp³-hybridized carbons (Fsp3) is 0.211. The van der Waals surface area contributed by atoms with Crippen molar-refractivity contribution in [2.45, 2.75) is 6.42 Å². The normalized spacial score (nSPS) is 10.0. The summed E-state index contributed by atoms with van der Waals surface area (Å²) >= 11 is 0. The van der Waals surface area contributed by atoms with Crippen LogP contribution in [-0.4, -0.2) is 37.5 Å². The highest BCUT2D eigenvalue weighted by molar-refractivity contribution is 5.96. The number of nitrogens with one attached hydrogen (secondary N) is 2. The van der Waals surface area contributed by atoms with Gasteiger partial charge in [0.15, 0.2) is 6.61 Å². The van der Waals surface area contributed by atoms with Gasteiger partial charge in [0.25, 0.3) is 11.8 Å². The third-order valence-corrected chi connectivity index (χ3v) is 3.42. The van der Waals surface area contributed by atoms with Gasteiger partial charge in [0.1, 0.15) is 12.4 Å². The SMILES string of the molecule is O=C(COC(=O)CNC(=O)c1cccc(F)c1)NCCc1ccccc1. The monoisotopic (exact) mass is 358 g/mol. The number of ether oxygens (including phenoxy) is 1. The lowest BCUT2D eigenvalue weighted by molar-refractivity contribution is -0.147. The van der Waals surface area contributed by atoms with Gasteiger partial charge in [-0.2, -0.15) is 0 Å². The van der Waals surface area contributed by atoms with Crippen LogP contribution in [0, 0.1) is 5.82 Å². The van der Waals surface area contributed by atoms with Crippen LogP contribution >= 0.6 is 0 Å². The van der Waals surface area contributed by atoms with Crippen LogP contribution in [-0.2, 0) is 20.7 Å². The molecule has 0 aliphatic carbocycles. The van der Waals surface area contributed by atoms with Gasteiger partial charge in [-0.1, -0.05) is 36.4 Å². The summed E-state index contributed by atoms with van der Waals surface area (Å²) < 4.78 is 17.8. The van der Waals surface area contributed by atoms with E-state index in [0.717, 1.165) is 11.6 Å². The zero-order valence-corrected chi connectivity index (χ0v) is 14.0. The van der Waals surface area contributed by atoms with Crippen molar-refractivity contribution in [2.24, 2.45) is 0 Å². The van der Waals surface area contributed by atoms with E-state index in [1.165, 1.54) is 18.2 Å². The highest BCUT2D eigenvalue weighted by Gasteiger charge is 2.11. The molecule has 7 heteroatoms. The predicted octanol–water partition coefficient (Wildman–Crippen LogP) is 1.46. The van der Waals surface area contributed by atoms with Crippen molar-refractivity contribution in [3.05, 3.63) is 71.5 Å². The molecule has 0 saturated carbocycles. The fourth-order valence-corrected chi connectivity index (χ4v) is 2.12. The molecule has 0 saturated heterocycles. The number of hydrogen-bond donors (Lipinski definition) is 2. The van der Waals surface area contributed by atoms with Crippen LogP contribution in [0.3, 0.4) is 0 Å². The molecule has 0 aromatic heterocycles. The fourth-order valence-electron chi connectivity index (χ4n) is 2.12. The zero-order valence-electron chi connectivity index (χ0n) is 14.0. The average molecular weight is 358 g/mol. The molecule has 0 bridgehead atoms. The molecule has 0 fully saturated rings. The van der Waals surface area contributed by atoms with Crippen LogP contribution in [0.4, 0.5) is 4.39 Å². The molecule has 0 atom stereocenters. The summed E-state index contributed by atoms with van der Waals surface area (Å²) in [7, 11) is 0. The standard InChI is InChI=1S/C19H19FN2O4/c20-16-8-4-7-15(11-16)19(25)22-12-18(24)26-13-17(23)21-10-9-14-5-2-1-3-6-14/h1-8,11H,9-10,12-13H2,(H,21,23)(H,22,25). The minimum Gasteiger partial charge on any atom is -0.454 e. The Bertz CT molecular complexity index is 765. The van der Waals surface area contributed by atoms with E-state index >= 15 is 0 Å². The van der Waals surface area contributed by atoms with E-state index in [4.69, 9.17) is 4.74 Å². The third-order valence-electron chi connectivity index (χ3n) is 3.42. The van der Waals surface area contributed by atoms with Crippen LogP contribution in [0.15, 0.2) is 54.6 Å². The topological polar surface area (TPSA) is 84.5 Å². The summed E-state index contributed by atoms with van der Waals surface area (Å²) in [6.07, 6.45) is 0.671. The van der Waals surface area contributed by atoms with Crippen molar-refractivity contribution in [3.8, 4) is 0 Å². The van der Waals surface area contributed by atoms with E-state index < -0.39 is 36.8 Å². The maximum atomic E-state index is 13.0. The Labute approximate surface area is 150 Å². The Hall–Kier alpha value is -3.22. The molecule has 0 heterocycles. The van der Waals surface area contributed by atoms with Gasteiger partial charge in [-0.25, -0.2) is 4.39 Å². The Kier molecular flexibility index (Phi) is 7.30. The van der Waals surface area contributed by atoms with E-state index in [-0.39, 0.29) is 5.56 Å².